The molecule has 1 atom stereocenters. The van der Waals surface area contributed by atoms with Crippen molar-refractivity contribution in [3.05, 3.63) is 0 Å². The summed E-state index contributed by atoms with van der Waals surface area (Å²) < 4.78 is 17.6. The van der Waals surface area contributed by atoms with E-state index in [1.54, 1.807) is 14.2 Å². The van der Waals surface area contributed by atoms with Gasteiger partial charge in [-0.3, -0.25) is 4.79 Å². The molecule has 2 rings (SSSR count). The molecule has 2 fully saturated rings. The number of hydrogen-bond acceptors (Lipinski definition) is 4. The first-order chi connectivity index (χ1) is 11.4. The minimum atomic E-state index is -2.09. The SMILES string of the molecule is CCC(C)(C(=O)O[Si](C)(C1CCCC1)C1CCCC1)[Si](OC)OC. The molecule has 0 aromatic heterocycles. The molecular formula is C18H35O4Si2. The number of rotatable bonds is 8. The van der Waals surface area contributed by atoms with Crippen molar-refractivity contribution in [1.29, 1.82) is 0 Å². The Hall–Kier alpha value is -0.176. The Labute approximate surface area is 150 Å². The van der Waals surface area contributed by atoms with Crippen LogP contribution in [0.4, 0.5) is 0 Å². The standard InChI is InChI=1S/C18H35O4Si2/c1-6-18(2,23(20-3)21-4)17(19)22-24(5,15-11-7-8-12-15)16-13-9-10-14-16/h15-16H,6-14H2,1-5H3. The molecule has 0 amide bonds. The fraction of sp³-hybridized carbons (Fsp3) is 0.944. The molecule has 0 aromatic rings. The maximum absolute atomic E-state index is 13.3. The van der Waals surface area contributed by atoms with Crippen LogP contribution in [0.5, 0.6) is 0 Å². The lowest BCUT2D eigenvalue weighted by Gasteiger charge is -2.41. The molecule has 0 N–H and O–H groups in total. The number of carbonyl (C=O) groups excluding carboxylic acids is 1. The summed E-state index contributed by atoms with van der Waals surface area (Å²) in [5, 5.41) is -0.639. The van der Waals surface area contributed by atoms with E-state index >= 15 is 0 Å². The molecule has 0 aromatic carbocycles. The lowest BCUT2D eigenvalue weighted by Crippen LogP contribution is -2.50. The molecule has 6 heteroatoms. The van der Waals surface area contributed by atoms with Crippen LogP contribution in [0.15, 0.2) is 0 Å². The Balaban J connectivity index is 2.22. The smallest absolute Gasteiger partial charge is 0.402 e. The lowest BCUT2D eigenvalue weighted by molar-refractivity contribution is -0.139. The average molecular weight is 372 g/mol. The Morgan fingerprint density at radius 1 is 1.04 bits per heavy atom. The Bertz CT molecular complexity index is 399. The van der Waals surface area contributed by atoms with E-state index < -0.39 is 22.6 Å². The van der Waals surface area contributed by atoms with Gasteiger partial charge in [-0.2, -0.15) is 0 Å². The predicted octanol–water partition coefficient (Wildman–Crippen LogP) is 4.94. The van der Waals surface area contributed by atoms with Crippen LogP contribution in [0, 0.1) is 0 Å². The molecule has 1 unspecified atom stereocenters. The summed E-state index contributed by atoms with van der Waals surface area (Å²) in [7, 11) is -0.483. The highest BCUT2D eigenvalue weighted by atomic mass is 28.4. The highest BCUT2D eigenvalue weighted by Crippen LogP contribution is 2.51. The third-order valence-corrected chi connectivity index (χ3v) is 13.8. The fourth-order valence-corrected chi connectivity index (χ4v) is 11.1. The summed E-state index contributed by atoms with van der Waals surface area (Å²) >= 11 is 0. The Kier molecular flexibility index (Phi) is 7.11. The second kappa shape index (κ2) is 8.47. The minimum Gasteiger partial charge on any atom is -0.518 e. The third-order valence-electron chi connectivity index (χ3n) is 6.62. The van der Waals surface area contributed by atoms with Crippen molar-refractivity contribution < 1.29 is 18.1 Å². The van der Waals surface area contributed by atoms with Crippen molar-refractivity contribution in [1.82, 2.24) is 0 Å². The summed E-state index contributed by atoms with van der Waals surface area (Å²) in [6, 6.07) is 0. The van der Waals surface area contributed by atoms with E-state index in [2.05, 4.69) is 6.55 Å². The normalized spacial score (nSPS) is 22.9. The molecule has 0 spiro atoms. The van der Waals surface area contributed by atoms with Gasteiger partial charge in [0.25, 0.3) is 14.3 Å². The van der Waals surface area contributed by atoms with E-state index in [1.165, 1.54) is 51.4 Å². The van der Waals surface area contributed by atoms with E-state index in [4.69, 9.17) is 13.3 Å². The van der Waals surface area contributed by atoms with Crippen LogP contribution in [0.3, 0.4) is 0 Å². The molecule has 2 aliphatic rings. The second-order valence-corrected chi connectivity index (χ2v) is 14.6. The molecular weight excluding hydrogens is 336 g/mol. The summed E-state index contributed by atoms with van der Waals surface area (Å²) in [5.41, 5.74) is 1.29. The van der Waals surface area contributed by atoms with Crippen molar-refractivity contribution in [2.75, 3.05) is 14.2 Å². The molecule has 2 saturated carbocycles. The highest BCUT2D eigenvalue weighted by molar-refractivity contribution is 6.77. The van der Waals surface area contributed by atoms with Crippen molar-refractivity contribution in [2.24, 2.45) is 0 Å². The van der Waals surface area contributed by atoms with Crippen LogP contribution in [0.1, 0.15) is 71.6 Å². The van der Waals surface area contributed by atoms with Crippen LogP contribution in [-0.2, 0) is 18.1 Å². The van der Waals surface area contributed by atoms with Gasteiger partial charge in [-0.1, -0.05) is 32.6 Å². The van der Waals surface area contributed by atoms with E-state index in [0.717, 1.165) is 0 Å². The zero-order valence-electron chi connectivity index (χ0n) is 16.2. The van der Waals surface area contributed by atoms with Crippen molar-refractivity contribution in [3.63, 3.8) is 0 Å². The van der Waals surface area contributed by atoms with Crippen LogP contribution < -0.4 is 0 Å². The lowest BCUT2D eigenvalue weighted by atomic mass is 10.1. The first kappa shape index (κ1) is 20.1. The Morgan fingerprint density at radius 3 is 1.79 bits per heavy atom. The fourth-order valence-electron chi connectivity index (χ4n) is 4.72. The van der Waals surface area contributed by atoms with Crippen molar-refractivity contribution in [2.45, 2.75) is 94.3 Å². The second-order valence-electron chi connectivity index (χ2n) is 7.92. The largest absolute Gasteiger partial charge is 0.518 e. The quantitative estimate of drug-likeness (QED) is 0.567. The zero-order chi connectivity index (χ0) is 17.8. The van der Waals surface area contributed by atoms with E-state index in [9.17, 15) is 4.79 Å². The molecule has 4 nitrogen and oxygen atoms in total. The van der Waals surface area contributed by atoms with Gasteiger partial charge in [0.1, 0.15) is 5.04 Å². The maximum Gasteiger partial charge on any atom is 0.402 e. The first-order valence-corrected chi connectivity index (χ1v) is 13.5. The van der Waals surface area contributed by atoms with Crippen LogP contribution >= 0.6 is 0 Å². The van der Waals surface area contributed by atoms with Gasteiger partial charge in [-0.15, -0.1) is 0 Å². The van der Waals surface area contributed by atoms with E-state index in [1.807, 2.05) is 13.8 Å². The van der Waals surface area contributed by atoms with Gasteiger partial charge in [-0.25, -0.2) is 0 Å². The van der Waals surface area contributed by atoms with Gasteiger partial charge < -0.3 is 13.3 Å². The van der Waals surface area contributed by atoms with Gasteiger partial charge in [0.15, 0.2) is 0 Å². The monoisotopic (exact) mass is 371 g/mol. The molecule has 0 aliphatic heterocycles. The molecule has 2 aliphatic carbocycles. The van der Waals surface area contributed by atoms with Gasteiger partial charge >= 0.3 is 9.28 Å². The van der Waals surface area contributed by atoms with E-state index in [-0.39, 0.29) is 5.97 Å². The first-order valence-electron chi connectivity index (χ1n) is 9.61. The Morgan fingerprint density at radius 2 is 1.46 bits per heavy atom. The third kappa shape index (κ3) is 3.81. The molecule has 0 bridgehead atoms. The van der Waals surface area contributed by atoms with E-state index in [0.29, 0.717) is 17.5 Å². The molecule has 139 valence electrons. The van der Waals surface area contributed by atoms with Gasteiger partial charge in [-0.05, 0) is 56.7 Å². The summed E-state index contributed by atoms with van der Waals surface area (Å²) in [6.45, 7) is 6.35. The van der Waals surface area contributed by atoms with Gasteiger partial charge in [0.2, 0.25) is 0 Å². The molecule has 0 heterocycles. The summed E-state index contributed by atoms with van der Waals surface area (Å²) in [6.07, 6.45) is 10.9. The zero-order valence-corrected chi connectivity index (χ0v) is 18.2. The molecule has 0 saturated heterocycles. The molecule has 24 heavy (non-hydrogen) atoms. The van der Waals surface area contributed by atoms with Crippen molar-refractivity contribution in [3.8, 4) is 0 Å². The summed E-state index contributed by atoms with van der Waals surface area (Å²) in [4.78, 5) is 13.3. The van der Waals surface area contributed by atoms with Crippen LogP contribution in [-0.4, -0.2) is 37.8 Å². The number of carbonyl (C=O) groups is 1. The van der Waals surface area contributed by atoms with Gasteiger partial charge in [0.05, 0.1) is 0 Å². The predicted molar refractivity (Wildman–Crippen MR) is 101 cm³/mol. The van der Waals surface area contributed by atoms with Gasteiger partial charge in [0, 0.05) is 14.2 Å². The average Bonchev–Trinajstić information content (AvgIpc) is 3.28. The maximum atomic E-state index is 13.3. The summed E-state index contributed by atoms with van der Waals surface area (Å²) in [5.74, 6) is -0.0597. The topological polar surface area (TPSA) is 44.8 Å². The van der Waals surface area contributed by atoms with Crippen molar-refractivity contribution >= 4 is 23.6 Å². The van der Waals surface area contributed by atoms with Crippen LogP contribution in [0.25, 0.3) is 0 Å². The molecule has 1 radical (unpaired) electrons. The number of hydrogen-bond donors (Lipinski definition) is 0. The van der Waals surface area contributed by atoms with Crippen LogP contribution in [0.2, 0.25) is 22.7 Å². The highest BCUT2D eigenvalue weighted by Gasteiger charge is 2.54. The minimum absolute atomic E-state index is 0.0597.